The minimum atomic E-state index is 1.03. The predicted octanol–water partition coefficient (Wildman–Crippen LogP) is 8.24. The van der Waals surface area contributed by atoms with Crippen LogP contribution in [0.25, 0.3) is 10.8 Å². The summed E-state index contributed by atoms with van der Waals surface area (Å²) in [7, 11) is 0. The van der Waals surface area contributed by atoms with E-state index in [4.69, 9.17) is 0 Å². The van der Waals surface area contributed by atoms with E-state index in [2.05, 4.69) is 59.3 Å². The Bertz CT molecular complexity index is 602. The van der Waals surface area contributed by atoms with Crippen LogP contribution >= 0.6 is 15.9 Å². The Morgan fingerprint density at radius 3 is 2.08 bits per heavy atom. The minimum Gasteiger partial charge on any atom is -0.0924 e. The minimum absolute atomic E-state index is 1.03. The average molecular weight is 403 g/mol. The van der Waals surface area contributed by atoms with Crippen molar-refractivity contribution >= 4 is 26.7 Å². The van der Waals surface area contributed by atoms with Gasteiger partial charge in [0, 0.05) is 5.33 Å². The molecule has 0 nitrogen and oxygen atoms in total. The summed E-state index contributed by atoms with van der Waals surface area (Å²) < 4.78 is 0. The molecule has 0 saturated carbocycles. The van der Waals surface area contributed by atoms with Crippen LogP contribution < -0.4 is 0 Å². The Morgan fingerprint density at radius 1 is 0.720 bits per heavy atom. The molecular weight excluding hydrogens is 368 g/mol. The van der Waals surface area contributed by atoms with E-state index in [1.165, 1.54) is 92.5 Å². The zero-order valence-corrected chi connectivity index (χ0v) is 17.6. The monoisotopic (exact) mass is 402 g/mol. The van der Waals surface area contributed by atoms with E-state index >= 15 is 0 Å². The topological polar surface area (TPSA) is 0 Å². The maximum atomic E-state index is 3.56. The average Bonchev–Trinajstić information content (AvgIpc) is 2.63. The zero-order valence-electron chi connectivity index (χ0n) is 16.0. The van der Waals surface area contributed by atoms with Crippen molar-refractivity contribution in [2.75, 3.05) is 5.33 Å². The first-order valence-electron chi connectivity index (χ1n) is 10.4. The SMILES string of the molecule is CCCCCCCCCCCCc1ccc2c(CCBr)cccc2c1. The molecule has 2 rings (SSSR count). The molecule has 0 amide bonds. The van der Waals surface area contributed by atoms with Gasteiger partial charge >= 0.3 is 0 Å². The molecule has 0 bridgehead atoms. The molecule has 1 heteroatoms. The molecule has 25 heavy (non-hydrogen) atoms. The van der Waals surface area contributed by atoms with E-state index in [9.17, 15) is 0 Å². The van der Waals surface area contributed by atoms with Gasteiger partial charge in [0.05, 0.1) is 0 Å². The number of benzene rings is 2. The van der Waals surface area contributed by atoms with Crippen LogP contribution in [0.5, 0.6) is 0 Å². The van der Waals surface area contributed by atoms with E-state index in [0.717, 1.165) is 11.8 Å². The summed E-state index contributed by atoms with van der Waals surface area (Å²) in [6, 6.07) is 13.8. The second kappa shape index (κ2) is 12.5. The quantitative estimate of drug-likeness (QED) is 0.233. The summed E-state index contributed by atoms with van der Waals surface area (Å²) in [5.74, 6) is 0. The standard InChI is InChI=1S/C24H35Br/c1-2-3-4-5-6-7-8-9-10-11-13-21-16-17-24-22(18-19-25)14-12-15-23(24)20-21/h12,14-17,20H,2-11,13,18-19H2,1H3. The molecule has 0 unspecified atom stereocenters. The van der Waals surface area contributed by atoms with Crippen LogP contribution in [0, 0.1) is 0 Å². The predicted molar refractivity (Wildman–Crippen MR) is 117 cm³/mol. The van der Waals surface area contributed by atoms with E-state index in [1.807, 2.05) is 0 Å². The Morgan fingerprint density at radius 2 is 1.40 bits per heavy atom. The van der Waals surface area contributed by atoms with E-state index < -0.39 is 0 Å². The maximum absolute atomic E-state index is 3.56. The second-order valence-corrected chi connectivity index (χ2v) is 8.14. The molecule has 0 spiro atoms. The third kappa shape index (κ3) is 7.52. The van der Waals surface area contributed by atoms with E-state index in [1.54, 1.807) is 0 Å². The normalized spacial score (nSPS) is 11.3. The van der Waals surface area contributed by atoms with Crippen molar-refractivity contribution in [2.24, 2.45) is 0 Å². The molecular formula is C24H35Br. The number of halogens is 1. The lowest BCUT2D eigenvalue weighted by atomic mass is 9.98. The molecule has 0 aliphatic rings. The third-order valence-electron chi connectivity index (χ3n) is 5.22. The lowest BCUT2D eigenvalue weighted by molar-refractivity contribution is 0.556. The van der Waals surface area contributed by atoms with Crippen LogP contribution in [0.1, 0.15) is 82.3 Å². The highest BCUT2D eigenvalue weighted by Gasteiger charge is 2.02. The fourth-order valence-electron chi connectivity index (χ4n) is 3.69. The summed E-state index contributed by atoms with van der Waals surface area (Å²) in [4.78, 5) is 0. The number of fused-ring (bicyclic) bond motifs is 1. The first kappa shape index (κ1) is 20.5. The smallest absolute Gasteiger partial charge is 0.00720 e. The van der Waals surface area contributed by atoms with E-state index in [0.29, 0.717) is 0 Å². The van der Waals surface area contributed by atoms with Crippen LogP contribution in [-0.4, -0.2) is 5.33 Å². The molecule has 0 heterocycles. The molecule has 0 aliphatic carbocycles. The fourth-order valence-corrected chi connectivity index (χ4v) is 4.12. The molecule has 0 atom stereocenters. The summed E-state index contributed by atoms with van der Waals surface area (Å²) in [5, 5.41) is 3.86. The summed E-state index contributed by atoms with van der Waals surface area (Å²) in [6.45, 7) is 2.29. The Hall–Kier alpha value is -0.820. The zero-order chi connectivity index (χ0) is 17.7. The molecule has 138 valence electrons. The molecule has 2 aromatic rings. The molecule has 0 fully saturated rings. The molecule has 0 saturated heterocycles. The van der Waals surface area contributed by atoms with Crippen LogP contribution in [-0.2, 0) is 12.8 Å². The third-order valence-corrected chi connectivity index (χ3v) is 5.61. The van der Waals surface area contributed by atoms with Gasteiger partial charge in [-0.05, 0) is 41.2 Å². The van der Waals surface area contributed by atoms with Gasteiger partial charge in [0.2, 0.25) is 0 Å². The molecule has 0 radical (unpaired) electrons. The van der Waals surface area contributed by atoms with Crippen LogP contribution in [0.3, 0.4) is 0 Å². The van der Waals surface area contributed by atoms with Gasteiger partial charge in [-0.3, -0.25) is 0 Å². The van der Waals surface area contributed by atoms with Gasteiger partial charge in [-0.15, -0.1) is 0 Å². The van der Waals surface area contributed by atoms with Gasteiger partial charge in [0.1, 0.15) is 0 Å². The van der Waals surface area contributed by atoms with Crippen LogP contribution in [0.15, 0.2) is 36.4 Å². The molecule has 0 N–H and O–H groups in total. The van der Waals surface area contributed by atoms with Gasteiger partial charge in [-0.25, -0.2) is 0 Å². The van der Waals surface area contributed by atoms with Gasteiger partial charge < -0.3 is 0 Å². The molecule has 2 aromatic carbocycles. The summed E-state index contributed by atoms with van der Waals surface area (Å²) >= 11 is 3.56. The van der Waals surface area contributed by atoms with Crippen molar-refractivity contribution in [1.29, 1.82) is 0 Å². The number of aryl methyl sites for hydroxylation is 2. The van der Waals surface area contributed by atoms with Crippen molar-refractivity contribution in [2.45, 2.75) is 84.0 Å². The Balaban J connectivity index is 1.66. The highest BCUT2D eigenvalue weighted by atomic mass is 79.9. The highest BCUT2D eigenvalue weighted by molar-refractivity contribution is 9.09. The fraction of sp³-hybridized carbons (Fsp3) is 0.583. The van der Waals surface area contributed by atoms with Crippen molar-refractivity contribution in [3.05, 3.63) is 47.5 Å². The number of hydrogen-bond donors (Lipinski definition) is 0. The highest BCUT2D eigenvalue weighted by Crippen LogP contribution is 2.22. The lowest BCUT2D eigenvalue weighted by Gasteiger charge is -2.08. The Labute approximate surface area is 163 Å². The molecule has 0 aromatic heterocycles. The molecule has 0 aliphatic heterocycles. The maximum Gasteiger partial charge on any atom is 0.00720 e. The van der Waals surface area contributed by atoms with Crippen molar-refractivity contribution in [3.8, 4) is 0 Å². The number of unbranched alkanes of at least 4 members (excludes halogenated alkanes) is 9. The summed E-state index contributed by atoms with van der Waals surface area (Å²) in [5.41, 5.74) is 2.96. The van der Waals surface area contributed by atoms with E-state index in [-0.39, 0.29) is 0 Å². The largest absolute Gasteiger partial charge is 0.0924 e. The van der Waals surface area contributed by atoms with Gasteiger partial charge in [0.15, 0.2) is 0 Å². The summed E-state index contributed by atoms with van der Waals surface area (Å²) in [6.07, 6.45) is 16.4. The first-order chi connectivity index (χ1) is 12.3. The van der Waals surface area contributed by atoms with Crippen LogP contribution in [0.4, 0.5) is 0 Å². The van der Waals surface area contributed by atoms with Crippen molar-refractivity contribution < 1.29 is 0 Å². The second-order valence-electron chi connectivity index (χ2n) is 7.34. The number of rotatable bonds is 13. The van der Waals surface area contributed by atoms with Crippen molar-refractivity contribution in [1.82, 2.24) is 0 Å². The first-order valence-corrected chi connectivity index (χ1v) is 11.5. The number of hydrogen-bond acceptors (Lipinski definition) is 0. The van der Waals surface area contributed by atoms with Crippen LogP contribution in [0.2, 0.25) is 0 Å². The Kier molecular flexibility index (Phi) is 10.3. The van der Waals surface area contributed by atoms with Crippen molar-refractivity contribution in [3.63, 3.8) is 0 Å². The van der Waals surface area contributed by atoms with Gasteiger partial charge in [-0.2, -0.15) is 0 Å². The number of alkyl halides is 1. The van der Waals surface area contributed by atoms with Gasteiger partial charge in [-0.1, -0.05) is 117 Å². The lowest BCUT2D eigenvalue weighted by Crippen LogP contribution is -1.91. The van der Waals surface area contributed by atoms with Gasteiger partial charge in [0.25, 0.3) is 0 Å².